The van der Waals surface area contributed by atoms with Gasteiger partial charge in [0.1, 0.15) is 11.9 Å². The van der Waals surface area contributed by atoms with Gasteiger partial charge in [0.15, 0.2) is 5.13 Å². The van der Waals surface area contributed by atoms with Crippen molar-refractivity contribution in [3.05, 3.63) is 35.6 Å². The maximum atomic E-state index is 5.93. The molecule has 1 aliphatic heterocycles. The zero-order valence-electron chi connectivity index (χ0n) is 10.9. The van der Waals surface area contributed by atoms with Gasteiger partial charge in [-0.2, -0.15) is 0 Å². The molecule has 0 spiro atoms. The van der Waals surface area contributed by atoms with Crippen molar-refractivity contribution in [1.82, 2.24) is 14.9 Å². The molecule has 0 amide bonds. The molecular formula is C13H17ClN4OS. The molecule has 0 bridgehead atoms. The Kier molecular flexibility index (Phi) is 5.17. The third-order valence-corrected chi connectivity index (χ3v) is 3.94. The normalized spacial score (nSPS) is 18.7. The Morgan fingerprint density at radius 3 is 2.90 bits per heavy atom. The molecule has 0 radical (unpaired) electrons. The fraction of sp³-hybridized carbons (Fsp3) is 0.385. The number of ether oxygens (including phenoxy) is 1. The second-order valence-electron chi connectivity index (χ2n) is 4.61. The van der Waals surface area contributed by atoms with Crippen molar-refractivity contribution in [1.29, 1.82) is 0 Å². The third-order valence-electron chi connectivity index (χ3n) is 3.13. The van der Waals surface area contributed by atoms with E-state index in [1.807, 2.05) is 18.3 Å². The first-order chi connectivity index (χ1) is 9.29. The summed E-state index contributed by atoms with van der Waals surface area (Å²) >= 11 is 1.56. The van der Waals surface area contributed by atoms with E-state index in [1.165, 1.54) is 4.88 Å². The molecule has 2 aromatic rings. The Balaban J connectivity index is 0.00000147. The molecule has 1 atom stereocenters. The van der Waals surface area contributed by atoms with E-state index in [2.05, 4.69) is 14.9 Å². The smallest absolute Gasteiger partial charge is 0.180 e. The summed E-state index contributed by atoms with van der Waals surface area (Å²) in [5, 5.41) is 0.638. The number of aromatic nitrogens is 2. The molecule has 3 heterocycles. The van der Waals surface area contributed by atoms with Crippen LogP contribution in [0.3, 0.4) is 0 Å². The van der Waals surface area contributed by atoms with E-state index >= 15 is 0 Å². The highest BCUT2D eigenvalue weighted by atomic mass is 35.5. The summed E-state index contributed by atoms with van der Waals surface area (Å²) in [5.74, 6) is 0.892. The molecule has 1 unspecified atom stereocenters. The van der Waals surface area contributed by atoms with Crippen molar-refractivity contribution >= 4 is 28.9 Å². The maximum Gasteiger partial charge on any atom is 0.180 e. The second-order valence-corrected chi connectivity index (χ2v) is 5.76. The van der Waals surface area contributed by atoms with Gasteiger partial charge in [0.25, 0.3) is 0 Å². The van der Waals surface area contributed by atoms with E-state index in [4.69, 9.17) is 10.5 Å². The molecule has 0 saturated carbocycles. The van der Waals surface area contributed by atoms with E-state index in [0.717, 1.165) is 31.8 Å². The summed E-state index contributed by atoms with van der Waals surface area (Å²) in [7, 11) is 0. The van der Waals surface area contributed by atoms with Gasteiger partial charge in [0.05, 0.1) is 0 Å². The van der Waals surface area contributed by atoms with Gasteiger partial charge in [0, 0.05) is 43.1 Å². The number of rotatable bonds is 4. The van der Waals surface area contributed by atoms with Crippen molar-refractivity contribution in [3.63, 3.8) is 0 Å². The van der Waals surface area contributed by atoms with Crippen LogP contribution in [0.1, 0.15) is 11.3 Å². The van der Waals surface area contributed by atoms with E-state index < -0.39 is 0 Å². The molecule has 2 N–H and O–H groups in total. The zero-order valence-corrected chi connectivity index (χ0v) is 12.6. The fourth-order valence-electron chi connectivity index (χ4n) is 2.26. The lowest BCUT2D eigenvalue weighted by atomic mass is 10.3. The quantitative estimate of drug-likeness (QED) is 0.937. The summed E-state index contributed by atoms with van der Waals surface area (Å²) in [4.78, 5) is 11.6. The first kappa shape index (κ1) is 15.0. The van der Waals surface area contributed by atoms with Crippen LogP contribution in [0, 0.1) is 0 Å². The molecule has 2 aromatic heterocycles. The highest BCUT2D eigenvalue weighted by Crippen LogP contribution is 2.22. The van der Waals surface area contributed by atoms with Gasteiger partial charge in [-0.1, -0.05) is 0 Å². The highest BCUT2D eigenvalue weighted by Gasteiger charge is 2.24. The lowest BCUT2D eigenvalue weighted by Gasteiger charge is -2.15. The highest BCUT2D eigenvalue weighted by molar-refractivity contribution is 7.15. The van der Waals surface area contributed by atoms with Gasteiger partial charge >= 0.3 is 0 Å². The number of hydrogen-bond acceptors (Lipinski definition) is 6. The minimum atomic E-state index is 0. The van der Waals surface area contributed by atoms with E-state index in [9.17, 15) is 0 Å². The largest absolute Gasteiger partial charge is 0.489 e. The average molecular weight is 313 g/mol. The predicted octanol–water partition coefficient (Wildman–Crippen LogP) is 2.20. The second kappa shape index (κ2) is 6.88. The van der Waals surface area contributed by atoms with Crippen LogP contribution in [-0.4, -0.2) is 34.1 Å². The summed E-state index contributed by atoms with van der Waals surface area (Å²) in [6.07, 6.45) is 6.67. The van der Waals surface area contributed by atoms with E-state index in [0.29, 0.717) is 5.13 Å². The minimum absolute atomic E-state index is 0. The molecule has 1 saturated heterocycles. The van der Waals surface area contributed by atoms with Gasteiger partial charge in [-0.05, 0) is 18.6 Å². The summed E-state index contributed by atoms with van der Waals surface area (Å²) < 4.78 is 5.93. The first-order valence-corrected chi connectivity index (χ1v) is 7.10. The number of nitrogens with two attached hydrogens (primary N) is 1. The molecule has 5 nitrogen and oxygen atoms in total. The van der Waals surface area contributed by atoms with Crippen LogP contribution >= 0.6 is 23.7 Å². The van der Waals surface area contributed by atoms with Crippen molar-refractivity contribution < 1.29 is 4.74 Å². The Hall–Kier alpha value is -1.37. The van der Waals surface area contributed by atoms with Crippen molar-refractivity contribution in [3.8, 4) is 5.75 Å². The minimum Gasteiger partial charge on any atom is -0.489 e. The van der Waals surface area contributed by atoms with E-state index in [1.54, 1.807) is 23.7 Å². The molecular weight excluding hydrogens is 296 g/mol. The van der Waals surface area contributed by atoms with Crippen LogP contribution in [0.25, 0.3) is 0 Å². The summed E-state index contributed by atoms with van der Waals surface area (Å²) in [6, 6.07) is 3.79. The lowest BCUT2D eigenvalue weighted by Crippen LogP contribution is -2.24. The zero-order chi connectivity index (χ0) is 13.1. The molecule has 1 aliphatic rings. The van der Waals surface area contributed by atoms with Gasteiger partial charge in [-0.3, -0.25) is 9.88 Å². The van der Waals surface area contributed by atoms with Gasteiger partial charge in [0.2, 0.25) is 0 Å². The summed E-state index contributed by atoms with van der Waals surface area (Å²) in [5.41, 5.74) is 5.64. The van der Waals surface area contributed by atoms with Crippen LogP contribution in [0.2, 0.25) is 0 Å². The Bertz CT molecular complexity index is 536. The van der Waals surface area contributed by atoms with Gasteiger partial charge in [-0.25, -0.2) is 4.98 Å². The number of nitrogens with zero attached hydrogens (tertiary/aromatic N) is 3. The number of hydrogen-bond donors (Lipinski definition) is 1. The Morgan fingerprint density at radius 1 is 1.40 bits per heavy atom. The Morgan fingerprint density at radius 2 is 2.20 bits per heavy atom. The number of halogens is 1. The van der Waals surface area contributed by atoms with Crippen LogP contribution in [0.5, 0.6) is 5.75 Å². The molecule has 7 heteroatoms. The van der Waals surface area contributed by atoms with Crippen LogP contribution < -0.4 is 10.5 Å². The molecule has 0 aliphatic carbocycles. The van der Waals surface area contributed by atoms with Gasteiger partial charge in [-0.15, -0.1) is 23.7 Å². The Labute approximate surface area is 128 Å². The van der Waals surface area contributed by atoms with Crippen molar-refractivity contribution in [2.45, 2.75) is 19.1 Å². The third kappa shape index (κ3) is 3.82. The van der Waals surface area contributed by atoms with Crippen LogP contribution in [0.15, 0.2) is 30.7 Å². The number of thiazole rings is 1. The number of pyridine rings is 1. The molecule has 20 heavy (non-hydrogen) atoms. The standard InChI is InChI=1S/C13H16N4OS.ClH/c14-13-16-7-12(19-13)9-17-6-3-11(8-17)18-10-1-4-15-5-2-10;/h1-2,4-5,7,11H,3,6,8-9H2,(H2,14,16);1H. The molecule has 108 valence electrons. The average Bonchev–Trinajstić information content (AvgIpc) is 3.01. The molecule has 0 aromatic carbocycles. The summed E-state index contributed by atoms with van der Waals surface area (Å²) in [6.45, 7) is 2.90. The number of likely N-dealkylation sites (tertiary alicyclic amines) is 1. The molecule has 1 fully saturated rings. The topological polar surface area (TPSA) is 64.3 Å². The molecule has 3 rings (SSSR count). The lowest BCUT2D eigenvalue weighted by molar-refractivity contribution is 0.198. The van der Waals surface area contributed by atoms with Crippen molar-refractivity contribution in [2.24, 2.45) is 0 Å². The maximum absolute atomic E-state index is 5.93. The van der Waals surface area contributed by atoms with Gasteiger partial charge < -0.3 is 10.5 Å². The van der Waals surface area contributed by atoms with Crippen LogP contribution in [0.4, 0.5) is 5.13 Å². The van der Waals surface area contributed by atoms with Crippen molar-refractivity contribution in [2.75, 3.05) is 18.8 Å². The SMILES string of the molecule is Cl.Nc1ncc(CN2CCC(Oc3ccncc3)C2)s1. The number of anilines is 1. The number of nitrogen functional groups attached to an aromatic ring is 1. The monoisotopic (exact) mass is 312 g/mol. The predicted molar refractivity (Wildman–Crippen MR) is 82.3 cm³/mol. The van der Waals surface area contributed by atoms with Crippen LogP contribution in [-0.2, 0) is 6.54 Å². The fourth-order valence-corrected chi connectivity index (χ4v) is 2.99. The first-order valence-electron chi connectivity index (χ1n) is 6.29. The van der Waals surface area contributed by atoms with E-state index in [-0.39, 0.29) is 18.5 Å².